The van der Waals surface area contributed by atoms with E-state index in [1.165, 1.54) is 18.9 Å². The summed E-state index contributed by atoms with van der Waals surface area (Å²) in [5.74, 6) is 0.393. The Morgan fingerprint density at radius 3 is 2.74 bits per heavy atom. The second kappa shape index (κ2) is 6.02. The molecule has 19 heavy (non-hydrogen) atoms. The Labute approximate surface area is 112 Å². The maximum atomic E-state index is 14.0. The van der Waals surface area contributed by atoms with Crippen LogP contribution >= 0.6 is 0 Å². The van der Waals surface area contributed by atoms with Crippen molar-refractivity contribution >= 4 is 5.84 Å². The van der Waals surface area contributed by atoms with Gasteiger partial charge in [-0.2, -0.15) is 0 Å². The molecule has 104 valence electrons. The molecule has 1 aromatic rings. The Morgan fingerprint density at radius 2 is 2.16 bits per heavy atom. The number of likely N-dealkylation sites (tertiary alicyclic amines) is 1. The lowest BCUT2D eigenvalue weighted by atomic mass is 9.98. The van der Waals surface area contributed by atoms with Crippen molar-refractivity contribution in [2.45, 2.75) is 26.3 Å². The molecule has 0 amide bonds. The van der Waals surface area contributed by atoms with Crippen molar-refractivity contribution in [2.75, 3.05) is 13.1 Å². The van der Waals surface area contributed by atoms with E-state index in [4.69, 9.17) is 10.9 Å². The molecule has 1 fully saturated rings. The summed E-state index contributed by atoms with van der Waals surface area (Å²) >= 11 is 0. The van der Waals surface area contributed by atoms with Crippen LogP contribution in [-0.2, 0) is 6.54 Å². The highest BCUT2D eigenvalue weighted by molar-refractivity contribution is 5.97. The molecule has 0 saturated carbocycles. The van der Waals surface area contributed by atoms with Crippen molar-refractivity contribution in [3.8, 4) is 0 Å². The fourth-order valence-electron chi connectivity index (χ4n) is 2.35. The van der Waals surface area contributed by atoms with Crippen molar-refractivity contribution in [1.82, 2.24) is 4.90 Å². The Bertz CT molecular complexity index is 468. The van der Waals surface area contributed by atoms with Crippen LogP contribution in [0.25, 0.3) is 0 Å². The lowest BCUT2D eigenvalue weighted by Crippen LogP contribution is -2.32. The molecule has 5 heteroatoms. The molecule has 1 heterocycles. The van der Waals surface area contributed by atoms with E-state index < -0.39 is 0 Å². The van der Waals surface area contributed by atoms with Crippen LogP contribution in [0.1, 0.15) is 30.9 Å². The van der Waals surface area contributed by atoms with Gasteiger partial charge in [0, 0.05) is 17.7 Å². The fourth-order valence-corrected chi connectivity index (χ4v) is 2.35. The highest BCUT2D eigenvalue weighted by Gasteiger charge is 2.17. The van der Waals surface area contributed by atoms with Crippen LogP contribution < -0.4 is 5.73 Å². The quantitative estimate of drug-likeness (QED) is 0.381. The topological polar surface area (TPSA) is 61.8 Å². The average molecular weight is 265 g/mol. The van der Waals surface area contributed by atoms with Crippen LogP contribution in [0, 0.1) is 11.7 Å². The molecule has 1 aliphatic rings. The highest BCUT2D eigenvalue weighted by atomic mass is 19.1. The Morgan fingerprint density at radius 1 is 1.47 bits per heavy atom. The van der Waals surface area contributed by atoms with Crippen molar-refractivity contribution in [2.24, 2.45) is 16.8 Å². The van der Waals surface area contributed by atoms with E-state index in [1.54, 1.807) is 12.1 Å². The van der Waals surface area contributed by atoms with Gasteiger partial charge in [-0.05, 0) is 37.9 Å². The molecule has 0 bridgehead atoms. The molecule has 0 unspecified atom stereocenters. The second-order valence-electron chi connectivity index (χ2n) is 5.25. The minimum Gasteiger partial charge on any atom is -0.409 e. The predicted octanol–water partition coefficient (Wildman–Crippen LogP) is 2.15. The van der Waals surface area contributed by atoms with E-state index in [0.29, 0.717) is 17.7 Å². The number of oxime groups is 1. The molecular formula is C14H20FN3O. The standard InChI is InChI=1S/C14H20FN3O/c1-10-4-6-18(7-5-10)9-12-3-2-11(8-13(12)15)14(16)17-19/h2-3,8,10,19H,4-7,9H2,1H3,(H2,16,17). The SMILES string of the molecule is CC1CCN(Cc2ccc(/C(N)=N/O)cc2F)CC1. The third-order valence-electron chi connectivity index (χ3n) is 3.73. The Hall–Kier alpha value is -1.62. The highest BCUT2D eigenvalue weighted by Crippen LogP contribution is 2.19. The van der Waals surface area contributed by atoms with Gasteiger partial charge in [0.15, 0.2) is 5.84 Å². The summed E-state index contributed by atoms with van der Waals surface area (Å²) < 4.78 is 14.0. The van der Waals surface area contributed by atoms with Gasteiger partial charge in [0.1, 0.15) is 5.82 Å². The average Bonchev–Trinajstić information content (AvgIpc) is 2.42. The second-order valence-corrected chi connectivity index (χ2v) is 5.25. The number of amidine groups is 1. The van der Waals surface area contributed by atoms with Gasteiger partial charge in [-0.15, -0.1) is 0 Å². The lowest BCUT2D eigenvalue weighted by molar-refractivity contribution is 0.183. The first-order valence-corrected chi connectivity index (χ1v) is 6.59. The number of rotatable bonds is 3. The monoisotopic (exact) mass is 265 g/mol. The summed E-state index contributed by atoms with van der Waals surface area (Å²) in [7, 11) is 0. The lowest BCUT2D eigenvalue weighted by Gasteiger charge is -2.30. The maximum Gasteiger partial charge on any atom is 0.170 e. The minimum atomic E-state index is -0.303. The summed E-state index contributed by atoms with van der Waals surface area (Å²) in [6, 6.07) is 4.71. The van der Waals surface area contributed by atoms with Crippen molar-refractivity contribution in [1.29, 1.82) is 0 Å². The number of nitrogens with zero attached hydrogens (tertiary/aromatic N) is 2. The summed E-state index contributed by atoms with van der Waals surface area (Å²) in [5, 5.41) is 11.4. The molecule has 0 atom stereocenters. The molecule has 0 radical (unpaired) electrons. The van der Waals surface area contributed by atoms with E-state index in [-0.39, 0.29) is 11.7 Å². The zero-order valence-corrected chi connectivity index (χ0v) is 11.1. The van der Waals surface area contributed by atoms with Gasteiger partial charge in [0.2, 0.25) is 0 Å². The molecule has 4 nitrogen and oxygen atoms in total. The van der Waals surface area contributed by atoms with E-state index in [0.717, 1.165) is 19.0 Å². The van der Waals surface area contributed by atoms with Crippen LogP contribution in [0.15, 0.2) is 23.4 Å². The third-order valence-corrected chi connectivity index (χ3v) is 3.73. The minimum absolute atomic E-state index is 0.0720. The van der Waals surface area contributed by atoms with E-state index in [9.17, 15) is 4.39 Å². The zero-order valence-electron chi connectivity index (χ0n) is 11.1. The molecular weight excluding hydrogens is 245 g/mol. The zero-order chi connectivity index (χ0) is 13.8. The number of benzene rings is 1. The summed E-state index contributed by atoms with van der Waals surface area (Å²) in [5.41, 5.74) is 6.49. The van der Waals surface area contributed by atoms with Gasteiger partial charge in [0.05, 0.1) is 0 Å². The van der Waals surface area contributed by atoms with E-state index >= 15 is 0 Å². The summed E-state index contributed by atoms with van der Waals surface area (Å²) in [6.07, 6.45) is 2.34. The third kappa shape index (κ3) is 3.44. The van der Waals surface area contributed by atoms with Gasteiger partial charge < -0.3 is 10.9 Å². The molecule has 0 aromatic heterocycles. The van der Waals surface area contributed by atoms with Crippen LogP contribution in [0.5, 0.6) is 0 Å². The number of halogens is 1. The van der Waals surface area contributed by atoms with Gasteiger partial charge in [-0.1, -0.05) is 24.2 Å². The normalized spacial score (nSPS) is 18.7. The first kappa shape index (κ1) is 13.8. The number of hydrogen-bond donors (Lipinski definition) is 2. The largest absolute Gasteiger partial charge is 0.409 e. The summed E-state index contributed by atoms with van der Waals surface area (Å²) in [4.78, 5) is 2.27. The Kier molecular flexibility index (Phi) is 4.37. The molecule has 1 saturated heterocycles. The van der Waals surface area contributed by atoms with Crippen LogP contribution in [0.2, 0.25) is 0 Å². The van der Waals surface area contributed by atoms with Crippen molar-refractivity contribution in [3.05, 3.63) is 35.1 Å². The van der Waals surface area contributed by atoms with E-state index in [2.05, 4.69) is 17.0 Å². The van der Waals surface area contributed by atoms with Crippen molar-refractivity contribution < 1.29 is 9.60 Å². The van der Waals surface area contributed by atoms with Gasteiger partial charge in [0.25, 0.3) is 0 Å². The summed E-state index contributed by atoms with van der Waals surface area (Å²) in [6.45, 7) is 4.91. The molecule has 0 aliphatic carbocycles. The number of nitrogens with two attached hydrogens (primary N) is 1. The van der Waals surface area contributed by atoms with Crippen LogP contribution in [-0.4, -0.2) is 29.0 Å². The molecule has 1 aromatic carbocycles. The number of hydrogen-bond acceptors (Lipinski definition) is 3. The van der Waals surface area contributed by atoms with Gasteiger partial charge in [-0.3, -0.25) is 4.90 Å². The smallest absolute Gasteiger partial charge is 0.170 e. The molecule has 2 rings (SSSR count). The van der Waals surface area contributed by atoms with Gasteiger partial charge in [-0.25, -0.2) is 4.39 Å². The van der Waals surface area contributed by atoms with E-state index in [1.807, 2.05) is 0 Å². The first-order valence-electron chi connectivity index (χ1n) is 6.59. The Balaban J connectivity index is 2.05. The number of piperidine rings is 1. The predicted molar refractivity (Wildman–Crippen MR) is 72.6 cm³/mol. The van der Waals surface area contributed by atoms with Gasteiger partial charge >= 0.3 is 0 Å². The maximum absolute atomic E-state index is 14.0. The first-order chi connectivity index (χ1) is 9.10. The molecule has 0 spiro atoms. The van der Waals surface area contributed by atoms with Crippen molar-refractivity contribution in [3.63, 3.8) is 0 Å². The molecule has 3 N–H and O–H groups in total. The van der Waals surface area contributed by atoms with Crippen LogP contribution in [0.3, 0.4) is 0 Å². The van der Waals surface area contributed by atoms with Crippen LogP contribution in [0.4, 0.5) is 4.39 Å². The fraction of sp³-hybridized carbons (Fsp3) is 0.500. The molecule has 1 aliphatic heterocycles.